The second-order valence-corrected chi connectivity index (χ2v) is 4.77. The lowest BCUT2D eigenvalue weighted by Gasteiger charge is -2.02. The van der Waals surface area contributed by atoms with Crippen LogP contribution >= 0.6 is 0 Å². The van der Waals surface area contributed by atoms with E-state index in [0.717, 1.165) is 6.42 Å². The van der Waals surface area contributed by atoms with Crippen LogP contribution in [0.25, 0.3) is 12.2 Å². The molecular formula is C21H26. The minimum atomic E-state index is 0.973. The Balaban J connectivity index is 0.00000106. The highest BCUT2D eigenvalue weighted by Gasteiger charge is 1.95. The molecule has 0 unspecified atom stereocenters. The van der Waals surface area contributed by atoms with Crippen molar-refractivity contribution in [2.75, 3.05) is 0 Å². The lowest BCUT2D eigenvalue weighted by Crippen LogP contribution is -1.85. The van der Waals surface area contributed by atoms with Gasteiger partial charge in [-0.2, -0.15) is 0 Å². The Hall–Kier alpha value is -2.08. The number of hydrogen-bond acceptors (Lipinski definition) is 0. The Morgan fingerprint density at radius 2 is 1.57 bits per heavy atom. The highest BCUT2D eigenvalue weighted by atomic mass is 14.0. The van der Waals surface area contributed by atoms with Gasteiger partial charge in [-0.05, 0) is 37.0 Å². The maximum absolute atomic E-state index is 2.25. The van der Waals surface area contributed by atoms with Gasteiger partial charge in [0.05, 0.1) is 0 Å². The summed E-state index contributed by atoms with van der Waals surface area (Å²) in [5.74, 6) is 0. The first-order chi connectivity index (χ1) is 10.3. The van der Waals surface area contributed by atoms with Crippen LogP contribution in [0, 0.1) is 6.92 Å². The lowest BCUT2D eigenvalue weighted by atomic mass is 10.0. The number of hydrogen-bond donors (Lipinski definition) is 0. The van der Waals surface area contributed by atoms with Crippen molar-refractivity contribution in [1.29, 1.82) is 0 Å². The molecule has 0 aromatic heterocycles. The summed E-state index contributed by atoms with van der Waals surface area (Å²) in [5.41, 5.74) is 5.22. The Labute approximate surface area is 129 Å². The van der Waals surface area contributed by atoms with Crippen molar-refractivity contribution in [3.63, 3.8) is 0 Å². The molecule has 0 atom stereocenters. The van der Waals surface area contributed by atoms with Crippen LogP contribution in [-0.4, -0.2) is 0 Å². The smallest absolute Gasteiger partial charge is 0.00938 e. The van der Waals surface area contributed by atoms with E-state index in [2.05, 4.69) is 80.6 Å². The molecule has 0 spiro atoms. The Morgan fingerprint density at radius 3 is 2.24 bits per heavy atom. The maximum Gasteiger partial charge on any atom is -0.00938 e. The number of aryl methyl sites for hydroxylation is 1. The average molecular weight is 278 g/mol. The van der Waals surface area contributed by atoms with Crippen LogP contribution in [0.4, 0.5) is 0 Å². The van der Waals surface area contributed by atoms with Gasteiger partial charge in [0.15, 0.2) is 0 Å². The largest absolute Gasteiger partial charge is 0.0871 e. The van der Waals surface area contributed by atoms with E-state index in [1.807, 2.05) is 19.9 Å². The minimum Gasteiger partial charge on any atom is -0.0871 e. The molecule has 110 valence electrons. The summed E-state index contributed by atoms with van der Waals surface area (Å²) in [4.78, 5) is 0. The van der Waals surface area contributed by atoms with Crippen LogP contribution in [-0.2, 0) is 6.42 Å². The third kappa shape index (κ3) is 6.27. The molecule has 21 heavy (non-hydrogen) atoms. The summed E-state index contributed by atoms with van der Waals surface area (Å²) in [7, 11) is 0. The SMILES string of the molecule is C/C=C/c1cc(C)cc(C/C=C/c2ccccc2)c1.CC. The van der Waals surface area contributed by atoms with Crippen molar-refractivity contribution in [2.45, 2.75) is 34.1 Å². The van der Waals surface area contributed by atoms with E-state index < -0.39 is 0 Å². The first kappa shape index (κ1) is 17.0. The van der Waals surface area contributed by atoms with Crippen LogP contribution in [0.15, 0.2) is 60.7 Å². The maximum atomic E-state index is 2.25. The number of benzene rings is 2. The fourth-order valence-electron chi connectivity index (χ4n) is 2.20. The van der Waals surface area contributed by atoms with Gasteiger partial charge < -0.3 is 0 Å². The topological polar surface area (TPSA) is 0 Å². The predicted octanol–water partition coefficient (Wildman–Crippen LogP) is 6.31. The van der Waals surface area contributed by atoms with E-state index in [0.29, 0.717) is 0 Å². The summed E-state index contributed by atoms with van der Waals surface area (Å²) in [6, 6.07) is 17.1. The van der Waals surface area contributed by atoms with Crippen molar-refractivity contribution in [3.05, 3.63) is 82.9 Å². The zero-order valence-electron chi connectivity index (χ0n) is 13.6. The van der Waals surface area contributed by atoms with E-state index in [4.69, 9.17) is 0 Å². The predicted molar refractivity (Wildman–Crippen MR) is 96.4 cm³/mol. The molecule has 2 rings (SSSR count). The van der Waals surface area contributed by atoms with Gasteiger partial charge in [-0.1, -0.05) is 92.2 Å². The van der Waals surface area contributed by atoms with Gasteiger partial charge in [-0.15, -0.1) is 0 Å². The molecule has 0 saturated heterocycles. The van der Waals surface area contributed by atoms with Crippen molar-refractivity contribution in [2.24, 2.45) is 0 Å². The Morgan fingerprint density at radius 1 is 0.857 bits per heavy atom. The van der Waals surface area contributed by atoms with Crippen LogP contribution < -0.4 is 0 Å². The highest BCUT2D eigenvalue weighted by Crippen LogP contribution is 2.13. The molecule has 0 heterocycles. The summed E-state index contributed by atoms with van der Waals surface area (Å²) in [5, 5.41) is 0. The van der Waals surface area contributed by atoms with Crippen molar-refractivity contribution >= 4 is 12.2 Å². The average Bonchev–Trinajstić information content (AvgIpc) is 2.50. The van der Waals surface area contributed by atoms with Crippen LogP contribution in [0.3, 0.4) is 0 Å². The van der Waals surface area contributed by atoms with Crippen molar-refractivity contribution in [1.82, 2.24) is 0 Å². The summed E-state index contributed by atoms with van der Waals surface area (Å²) >= 11 is 0. The molecule has 0 bridgehead atoms. The van der Waals surface area contributed by atoms with Crippen LogP contribution in [0.5, 0.6) is 0 Å². The second-order valence-electron chi connectivity index (χ2n) is 4.77. The molecule has 2 aromatic carbocycles. The molecule has 0 saturated carbocycles. The highest BCUT2D eigenvalue weighted by molar-refractivity contribution is 5.53. The quantitative estimate of drug-likeness (QED) is 0.614. The molecule has 2 aromatic rings. The molecule has 0 radical (unpaired) electrons. The fraction of sp³-hybridized carbons (Fsp3) is 0.238. The molecule has 0 aliphatic heterocycles. The molecule has 0 N–H and O–H groups in total. The van der Waals surface area contributed by atoms with Crippen molar-refractivity contribution in [3.8, 4) is 0 Å². The van der Waals surface area contributed by atoms with Crippen molar-refractivity contribution < 1.29 is 0 Å². The van der Waals surface area contributed by atoms with Gasteiger partial charge in [0.2, 0.25) is 0 Å². The van der Waals surface area contributed by atoms with Gasteiger partial charge in [-0.3, -0.25) is 0 Å². The van der Waals surface area contributed by atoms with E-state index in [1.54, 1.807) is 0 Å². The van der Waals surface area contributed by atoms with E-state index in [1.165, 1.54) is 22.3 Å². The van der Waals surface area contributed by atoms with Gasteiger partial charge in [-0.25, -0.2) is 0 Å². The van der Waals surface area contributed by atoms with Gasteiger partial charge in [0.25, 0.3) is 0 Å². The summed E-state index contributed by atoms with van der Waals surface area (Å²) < 4.78 is 0. The number of rotatable bonds is 4. The molecule has 0 aliphatic carbocycles. The zero-order chi connectivity index (χ0) is 15.5. The lowest BCUT2D eigenvalue weighted by molar-refractivity contribution is 1.25. The second kappa shape index (κ2) is 9.77. The fourth-order valence-corrected chi connectivity index (χ4v) is 2.20. The monoisotopic (exact) mass is 278 g/mol. The summed E-state index contributed by atoms with van der Waals surface area (Å²) in [6.45, 7) is 8.20. The Kier molecular flexibility index (Phi) is 7.89. The van der Waals surface area contributed by atoms with Crippen LogP contribution in [0.1, 0.15) is 43.0 Å². The molecule has 0 aliphatic rings. The standard InChI is InChI=1S/C19H20.C2H6/c1-3-8-18-13-16(2)14-19(15-18)12-7-11-17-9-5-4-6-10-17;1-2/h3-11,13-15H,12H2,1-2H3;1-2H3/b8-3+,11-7+;. The molecule has 0 fully saturated rings. The Bertz CT molecular complexity index is 574. The number of allylic oxidation sites excluding steroid dienone is 2. The first-order valence-electron chi connectivity index (χ1n) is 7.73. The van der Waals surface area contributed by atoms with E-state index >= 15 is 0 Å². The minimum absolute atomic E-state index is 0.973. The first-order valence-corrected chi connectivity index (χ1v) is 7.73. The van der Waals surface area contributed by atoms with Gasteiger partial charge in [0, 0.05) is 0 Å². The third-order valence-corrected chi connectivity index (χ3v) is 2.98. The normalized spacial score (nSPS) is 10.7. The third-order valence-electron chi connectivity index (χ3n) is 2.98. The summed E-state index contributed by atoms with van der Waals surface area (Å²) in [6.07, 6.45) is 9.61. The van der Waals surface area contributed by atoms with E-state index in [9.17, 15) is 0 Å². The molecular weight excluding hydrogens is 252 g/mol. The van der Waals surface area contributed by atoms with Gasteiger partial charge in [0.1, 0.15) is 0 Å². The zero-order valence-corrected chi connectivity index (χ0v) is 13.6. The molecule has 0 amide bonds. The van der Waals surface area contributed by atoms with E-state index in [-0.39, 0.29) is 0 Å². The van der Waals surface area contributed by atoms with Gasteiger partial charge >= 0.3 is 0 Å². The molecule has 0 nitrogen and oxygen atoms in total. The molecule has 0 heteroatoms. The van der Waals surface area contributed by atoms with Crippen LogP contribution in [0.2, 0.25) is 0 Å².